The van der Waals surface area contributed by atoms with Crippen LogP contribution < -0.4 is 0 Å². The van der Waals surface area contributed by atoms with Crippen LogP contribution in [0.15, 0.2) is 29.8 Å². The minimum absolute atomic E-state index is 0.241. The zero-order chi connectivity index (χ0) is 11.1. The predicted molar refractivity (Wildman–Crippen MR) is 62.3 cm³/mol. The first-order valence-electron chi connectivity index (χ1n) is 5.35. The second-order valence-corrected chi connectivity index (χ2v) is 4.68. The first kappa shape index (κ1) is 10.1. The minimum Gasteiger partial charge on any atom is -0.376 e. The smallest absolute Gasteiger partial charge is 0.164 e. The molecule has 2 aliphatic rings. The molecule has 1 atom stereocenters. The number of rotatable bonds is 1. The van der Waals surface area contributed by atoms with Crippen LogP contribution in [0.4, 0.5) is 0 Å². The number of hydrogen-bond acceptors (Lipinski definition) is 2. The van der Waals surface area contributed by atoms with Gasteiger partial charge in [-0.3, -0.25) is 4.79 Å². The Bertz CT molecular complexity index is 473. The molecule has 0 unspecified atom stereocenters. The standard InChI is InChI=1S/C13H11ClO2/c14-10-3-1-8(2-4-10)13-11-7-16-6-9(11)5-12(13)15/h1-4,9H,5-7H2/t9-/m0/s1. The lowest BCUT2D eigenvalue weighted by Crippen LogP contribution is -2.01. The molecule has 3 rings (SSSR count). The van der Waals surface area contributed by atoms with Gasteiger partial charge in [-0.1, -0.05) is 23.7 Å². The third kappa shape index (κ3) is 1.49. The van der Waals surface area contributed by atoms with Crippen LogP contribution >= 0.6 is 11.6 Å². The molecular weight excluding hydrogens is 224 g/mol. The second kappa shape index (κ2) is 3.72. The highest BCUT2D eigenvalue weighted by atomic mass is 35.5. The van der Waals surface area contributed by atoms with Crippen LogP contribution in [0, 0.1) is 5.92 Å². The summed E-state index contributed by atoms with van der Waals surface area (Å²) >= 11 is 5.84. The Morgan fingerprint density at radius 3 is 2.75 bits per heavy atom. The molecule has 1 saturated heterocycles. The molecular formula is C13H11ClO2. The molecule has 1 fully saturated rings. The van der Waals surface area contributed by atoms with Crippen LogP contribution in [0.25, 0.3) is 5.57 Å². The summed E-state index contributed by atoms with van der Waals surface area (Å²) in [6.07, 6.45) is 0.604. The molecule has 1 aliphatic heterocycles. The van der Waals surface area contributed by atoms with E-state index in [1.54, 1.807) is 0 Å². The van der Waals surface area contributed by atoms with Gasteiger partial charge in [0.2, 0.25) is 0 Å². The molecule has 0 spiro atoms. The van der Waals surface area contributed by atoms with Gasteiger partial charge >= 0.3 is 0 Å². The van der Waals surface area contributed by atoms with Crippen molar-refractivity contribution in [2.45, 2.75) is 6.42 Å². The van der Waals surface area contributed by atoms with E-state index in [1.165, 1.54) is 5.57 Å². The molecule has 1 aliphatic carbocycles. The number of halogens is 1. The van der Waals surface area contributed by atoms with E-state index in [-0.39, 0.29) is 5.78 Å². The van der Waals surface area contributed by atoms with E-state index in [2.05, 4.69) is 0 Å². The van der Waals surface area contributed by atoms with Crippen molar-refractivity contribution in [1.82, 2.24) is 0 Å². The molecule has 1 aromatic rings. The lowest BCUT2D eigenvalue weighted by molar-refractivity contribution is -0.113. The van der Waals surface area contributed by atoms with Crippen molar-refractivity contribution >= 4 is 23.0 Å². The van der Waals surface area contributed by atoms with Gasteiger partial charge in [-0.25, -0.2) is 0 Å². The van der Waals surface area contributed by atoms with Crippen molar-refractivity contribution < 1.29 is 9.53 Å². The van der Waals surface area contributed by atoms with E-state index in [4.69, 9.17) is 16.3 Å². The van der Waals surface area contributed by atoms with Crippen molar-refractivity contribution in [3.8, 4) is 0 Å². The maximum Gasteiger partial charge on any atom is 0.164 e. The average Bonchev–Trinajstić information content (AvgIpc) is 2.79. The molecule has 1 aromatic carbocycles. The molecule has 3 heteroatoms. The van der Waals surface area contributed by atoms with Crippen LogP contribution in [-0.4, -0.2) is 19.0 Å². The quantitative estimate of drug-likeness (QED) is 0.747. The van der Waals surface area contributed by atoms with Crippen molar-refractivity contribution in [2.75, 3.05) is 13.2 Å². The Balaban J connectivity index is 2.08. The first-order chi connectivity index (χ1) is 7.75. The molecule has 0 bridgehead atoms. The summed E-state index contributed by atoms with van der Waals surface area (Å²) in [5.74, 6) is 0.559. The number of ether oxygens (including phenoxy) is 1. The van der Waals surface area contributed by atoms with E-state index in [0.717, 1.165) is 11.1 Å². The van der Waals surface area contributed by atoms with E-state index < -0.39 is 0 Å². The lowest BCUT2D eigenvalue weighted by atomic mass is 10.0. The predicted octanol–water partition coefficient (Wildman–Crippen LogP) is 2.71. The van der Waals surface area contributed by atoms with Crippen LogP contribution in [0.5, 0.6) is 0 Å². The molecule has 1 heterocycles. The number of allylic oxidation sites excluding steroid dienone is 1. The monoisotopic (exact) mass is 234 g/mol. The highest BCUT2D eigenvalue weighted by Gasteiger charge is 2.36. The third-order valence-electron chi connectivity index (χ3n) is 3.23. The highest BCUT2D eigenvalue weighted by molar-refractivity contribution is 6.31. The summed E-state index contributed by atoms with van der Waals surface area (Å²) in [5, 5.41) is 0.694. The number of ketones is 1. The van der Waals surface area contributed by atoms with E-state index in [1.807, 2.05) is 24.3 Å². The van der Waals surface area contributed by atoms with E-state index in [0.29, 0.717) is 30.6 Å². The molecule has 0 saturated carbocycles. The number of carbonyl (C=O) groups is 1. The van der Waals surface area contributed by atoms with Crippen LogP contribution in [0.1, 0.15) is 12.0 Å². The minimum atomic E-state index is 0.241. The fourth-order valence-electron chi connectivity index (χ4n) is 2.46. The third-order valence-corrected chi connectivity index (χ3v) is 3.49. The van der Waals surface area contributed by atoms with Crippen molar-refractivity contribution in [3.63, 3.8) is 0 Å². The van der Waals surface area contributed by atoms with Gasteiger partial charge in [-0.05, 0) is 23.3 Å². The number of carbonyl (C=O) groups excluding carboxylic acids is 1. The normalized spacial score (nSPS) is 24.1. The van der Waals surface area contributed by atoms with Crippen LogP contribution in [0.3, 0.4) is 0 Å². The van der Waals surface area contributed by atoms with Gasteiger partial charge in [0, 0.05) is 22.9 Å². The fourth-order valence-corrected chi connectivity index (χ4v) is 2.58. The van der Waals surface area contributed by atoms with E-state index >= 15 is 0 Å². The Hall–Kier alpha value is -1.12. The zero-order valence-corrected chi connectivity index (χ0v) is 9.46. The summed E-state index contributed by atoms with van der Waals surface area (Å²) in [4.78, 5) is 11.9. The average molecular weight is 235 g/mol. The molecule has 82 valence electrons. The fraction of sp³-hybridized carbons (Fsp3) is 0.308. The molecule has 0 N–H and O–H groups in total. The summed E-state index contributed by atoms with van der Waals surface area (Å²) in [6.45, 7) is 1.30. The first-order valence-corrected chi connectivity index (χ1v) is 5.73. The maximum absolute atomic E-state index is 11.9. The summed E-state index contributed by atoms with van der Waals surface area (Å²) < 4.78 is 5.40. The Kier molecular flexibility index (Phi) is 2.34. The van der Waals surface area contributed by atoms with Gasteiger partial charge in [-0.15, -0.1) is 0 Å². The lowest BCUT2D eigenvalue weighted by Gasteiger charge is -2.03. The van der Waals surface area contributed by atoms with Gasteiger partial charge in [-0.2, -0.15) is 0 Å². The topological polar surface area (TPSA) is 26.3 Å². The van der Waals surface area contributed by atoms with Gasteiger partial charge in [0.1, 0.15) is 0 Å². The summed E-state index contributed by atoms with van der Waals surface area (Å²) in [5.41, 5.74) is 3.00. The molecule has 0 amide bonds. The van der Waals surface area contributed by atoms with Crippen molar-refractivity contribution in [3.05, 3.63) is 40.4 Å². The van der Waals surface area contributed by atoms with Gasteiger partial charge < -0.3 is 4.74 Å². The van der Waals surface area contributed by atoms with Gasteiger partial charge in [0.05, 0.1) is 13.2 Å². The Morgan fingerprint density at radius 2 is 2.00 bits per heavy atom. The van der Waals surface area contributed by atoms with Gasteiger partial charge in [0.25, 0.3) is 0 Å². The summed E-state index contributed by atoms with van der Waals surface area (Å²) in [6, 6.07) is 7.45. The molecule has 16 heavy (non-hydrogen) atoms. The van der Waals surface area contributed by atoms with Crippen molar-refractivity contribution in [1.29, 1.82) is 0 Å². The number of benzene rings is 1. The van der Waals surface area contributed by atoms with E-state index in [9.17, 15) is 4.79 Å². The van der Waals surface area contributed by atoms with Crippen LogP contribution in [0.2, 0.25) is 5.02 Å². The highest BCUT2D eigenvalue weighted by Crippen LogP contribution is 2.39. The number of fused-ring (bicyclic) bond motifs is 1. The molecule has 0 aromatic heterocycles. The summed E-state index contributed by atoms with van der Waals surface area (Å²) in [7, 11) is 0. The largest absolute Gasteiger partial charge is 0.376 e. The molecule has 2 nitrogen and oxygen atoms in total. The number of hydrogen-bond donors (Lipinski definition) is 0. The zero-order valence-electron chi connectivity index (χ0n) is 8.70. The SMILES string of the molecule is O=C1C[C@H]2COCC2=C1c1ccc(Cl)cc1. The maximum atomic E-state index is 11.9. The van der Waals surface area contributed by atoms with Gasteiger partial charge in [0.15, 0.2) is 5.78 Å². The second-order valence-electron chi connectivity index (χ2n) is 4.25. The Labute approximate surface area is 98.9 Å². The Morgan fingerprint density at radius 1 is 1.25 bits per heavy atom. The molecule has 0 radical (unpaired) electrons. The number of Topliss-reactive ketones (excluding diaryl/α,β-unsaturated/α-hetero) is 1. The van der Waals surface area contributed by atoms with Crippen LogP contribution in [-0.2, 0) is 9.53 Å². The van der Waals surface area contributed by atoms with Crippen molar-refractivity contribution in [2.24, 2.45) is 5.92 Å².